The summed E-state index contributed by atoms with van der Waals surface area (Å²) in [6.45, 7) is 2.51. The molecule has 33 heavy (non-hydrogen) atoms. The average molecular weight is 469 g/mol. The standard InChI is InChI=1S/C23H24N4O5S/c1-13-7-5-6-8-16(13)27-12-15(11-19(27)28)22-25-26-23(33-22)24-21(29)14-9-17(30-2)20(32-4)18(10-14)31-3/h5-10,15H,11-12H2,1-4H3,(H,24,26,29)/t15-/m0/s1. The lowest BCUT2D eigenvalue weighted by atomic mass is 10.1. The van der Waals surface area contributed by atoms with Crippen LogP contribution in [0.3, 0.4) is 0 Å². The maximum absolute atomic E-state index is 12.8. The third kappa shape index (κ3) is 4.47. The van der Waals surface area contributed by atoms with E-state index in [-0.39, 0.29) is 17.7 Å². The number of nitrogens with one attached hydrogen (secondary N) is 1. The van der Waals surface area contributed by atoms with Gasteiger partial charge in [-0.3, -0.25) is 14.9 Å². The average Bonchev–Trinajstić information content (AvgIpc) is 3.44. The first-order chi connectivity index (χ1) is 15.9. The maximum Gasteiger partial charge on any atom is 0.257 e. The van der Waals surface area contributed by atoms with Crippen molar-refractivity contribution < 1.29 is 23.8 Å². The number of hydrogen-bond donors (Lipinski definition) is 1. The Morgan fingerprint density at radius 2 is 1.79 bits per heavy atom. The highest BCUT2D eigenvalue weighted by molar-refractivity contribution is 7.15. The molecule has 2 aromatic carbocycles. The zero-order chi connectivity index (χ0) is 23.5. The van der Waals surface area contributed by atoms with Crippen molar-refractivity contribution in [1.82, 2.24) is 10.2 Å². The van der Waals surface area contributed by atoms with Gasteiger partial charge in [0.1, 0.15) is 5.01 Å². The number of rotatable bonds is 7. The molecule has 2 heterocycles. The molecule has 0 radical (unpaired) electrons. The van der Waals surface area contributed by atoms with Crippen LogP contribution in [0.15, 0.2) is 36.4 Å². The number of anilines is 2. The van der Waals surface area contributed by atoms with Crippen LogP contribution in [0.25, 0.3) is 0 Å². The van der Waals surface area contributed by atoms with Gasteiger partial charge in [-0.1, -0.05) is 29.5 Å². The van der Waals surface area contributed by atoms with Crippen molar-refractivity contribution in [3.63, 3.8) is 0 Å². The predicted molar refractivity (Wildman–Crippen MR) is 125 cm³/mol. The fourth-order valence-corrected chi connectivity index (χ4v) is 4.63. The maximum atomic E-state index is 12.8. The number of para-hydroxylation sites is 1. The first kappa shape index (κ1) is 22.5. The lowest BCUT2D eigenvalue weighted by Crippen LogP contribution is -2.25. The van der Waals surface area contributed by atoms with E-state index in [0.717, 1.165) is 11.3 Å². The molecule has 1 fully saturated rings. The van der Waals surface area contributed by atoms with E-state index in [1.165, 1.54) is 32.7 Å². The van der Waals surface area contributed by atoms with Crippen molar-refractivity contribution in [3.8, 4) is 17.2 Å². The molecule has 3 aromatic rings. The van der Waals surface area contributed by atoms with Crippen molar-refractivity contribution in [2.24, 2.45) is 0 Å². The summed E-state index contributed by atoms with van der Waals surface area (Å²) >= 11 is 1.26. The highest BCUT2D eigenvalue weighted by atomic mass is 32.1. The number of carbonyl (C=O) groups is 2. The molecule has 1 aliphatic rings. The Balaban J connectivity index is 1.49. The summed E-state index contributed by atoms with van der Waals surface area (Å²) in [7, 11) is 4.47. The monoisotopic (exact) mass is 468 g/mol. The van der Waals surface area contributed by atoms with E-state index >= 15 is 0 Å². The molecule has 0 spiro atoms. The minimum atomic E-state index is -0.388. The molecule has 2 amide bonds. The van der Waals surface area contributed by atoms with Crippen LogP contribution in [0.1, 0.15) is 33.3 Å². The van der Waals surface area contributed by atoms with Gasteiger partial charge in [0.05, 0.1) is 21.3 Å². The molecule has 0 aliphatic carbocycles. The number of hydrogen-bond acceptors (Lipinski definition) is 8. The van der Waals surface area contributed by atoms with Crippen LogP contribution in [-0.4, -0.2) is 49.9 Å². The Morgan fingerprint density at radius 1 is 1.09 bits per heavy atom. The van der Waals surface area contributed by atoms with Crippen LogP contribution in [0.4, 0.5) is 10.8 Å². The third-order valence-electron chi connectivity index (χ3n) is 5.47. The normalized spacial score (nSPS) is 15.5. The molecule has 1 saturated heterocycles. The summed E-state index contributed by atoms with van der Waals surface area (Å²) in [5.74, 6) is 0.732. The van der Waals surface area contributed by atoms with Crippen molar-refractivity contribution in [3.05, 3.63) is 52.5 Å². The predicted octanol–water partition coefficient (Wildman–Crippen LogP) is 3.65. The summed E-state index contributed by atoms with van der Waals surface area (Å²) in [4.78, 5) is 27.2. The summed E-state index contributed by atoms with van der Waals surface area (Å²) in [5.41, 5.74) is 2.27. The van der Waals surface area contributed by atoms with Gasteiger partial charge in [0.25, 0.3) is 5.91 Å². The Morgan fingerprint density at radius 3 is 2.42 bits per heavy atom. The van der Waals surface area contributed by atoms with Crippen LogP contribution in [-0.2, 0) is 4.79 Å². The molecule has 1 atom stereocenters. The number of methoxy groups -OCH3 is 3. The smallest absolute Gasteiger partial charge is 0.257 e. The molecule has 172 valence electrons. The van der Waals surface area contributed by atoms with E-state index in [9.17, 15) is 9.59 Å². The Hall–Kier alpha value is -3.66. The second-order valence-corrected chi connectivity index (χ2v) is 8.51. The van der Waals surface area contributed by atoms with Gasteiger partial charge in [-0.05, 0) is 30.7 Å². The number of carbonyl (C=O) groups excluding carboxylic acids is 2. The van der Waals surface area contributed by atoms with Crippen LogP contribution >= 0.6 is 11.3 Å². The molecular formula is C23H24N4O5S. The lowest BCUT2D eigenvalue weighted by molar-refractivity contribution is -0.117. The van der Waals surface area contributed by atoms with E-state index in [2.05, 4.69) is 15.5 Å². The second-order valence-electron chi connectivity index (χ2n) is 7.51. The van der Waals surface area contributed by atoms with Crippen molar-refractivity contribution in [2.45, 2.75) is 19.3 Å². The van der Waals surface area contributed by atoms with E-state index < -0.39 is 0 Å². The van der Waals surface area contributed by atoms with E-state index in [1.54, 1.807) is 17.0 Å². The van der Waals surface area contributed by atoms with Crippen molar-refractivity contribution >= 4 is 34.0 Å². The summed E-state index contributed by atoms with van der Waals surface area (Å²) < 4.78 is 15.9. The summed E-state index contributed by atoms with van der Waals surface area (Å²) in [6.07, 6.45) is 0.351. The molecule has 9 nitrogen and oxygen atoms in total. The molecule has 4 rings (SSSR count). The summed E-state index contributed by atoms with van der Waals surface area (Å²) in [6, 6.07) is 10.9. The Kier molecular flexibility index (Phi) is 6.45. The fraction of sp³-hybridized carbons (Fsp3) is 0.304. The molecule has 1 N–H and O–H groups in total. The van der Waals surface area contributed by atoms with E-state index in [1.807, 2.05) is 31.2 Å². The number of benzene rings is 2. The lowest BCUT2D eigenvalue weighted by Gasteiger charge is -2.18. The first-order valence-electron chi connectivity index (χ1n) is 10.3. The van der Waals surface area contributed by atoms with Gasteiger partial charge in [0, 0.05) is 30.1 Å². The molecule has 0 bridgehead atoms. The largest absolute Gasteiger partial charge is 0.493 e. The molecule has 10 heteroatoms. The molecule has 1 aromatic heterocycles. The Labute approximate surface area is 195 Å². The van der Waals surface area contributed by atoms with Crippen molar-refractivity contribution in [1.29, 1.82) is 0 Å². The van der Waals surface area contributed by atoms with Crippen LogP contribution in [0.5, 0.6) is 17.2 Å². The van der Waals surface area contributed by atoms with E-state index in [0.29, 0.717) is 45.9 Å². The van der Waals surface area contributed by atoms with Gasteiger partial charge in [0.15, 0.2) is 11.5 Å². The number of amides is 2. The van der Waals surface area contributed by atoms with Gasteiger partial charge in [-0.15, -0.1) is 10.2 Å². The third-order valence-corrected chi connectivity index (χ3v) is 6.47. The highest BCUT2D eigenvalue weighted by Gasteiger charge is 2.34. The summed E-state index contributed by atoms with van der Waals surface area (Å²) in [5, 5.41) is 12.2. The van der Waals surface area contributed by atoms with Crippen LogP contribution < -0.4 is 24.4 Å². The fourth-order valence-electron chi connectivity index (χ4n) is 3.80. The second kappa shape index (κ2) is 9.45. The van der Waals surface area contributed by atoms with Gasteiger partial charge >= 0.3 is 0 Å². The van der Waals surface area contributed by atoms with Crippen molar-refractivity contribution in [2.75, 3.05) is 38.1 Å². The van der Waals surface area contributed by atoms with Crippen LogP contribution in [0, 0.1) is 6.92 Å². The molecular weight excluding hydrogens is 444 g/mol. The molecule has 0 unspecified atom stereocenters. The van der Waals surface area contributed by atoms with Gasteiger partial charge in [-0.25, -0.2) is 0 Å². The van der Waals surface area contributed by atoms with E-state index in [4.69, 9.17) is 14.2 Å². The quantitative estimate of drug-likeness (QED) is 0.565. The number of aryl methyl sites for hydroxylation is 1. The zero-order valence-electron chi connectivity index (χ0n) is 18.7. The minimum Gasteiger partial charge on any atom is -0.493 e. The molecule has 1 aliphatic heterocycles. The number of ether oxygens (including phenoxy) is 3. The zero-order valence-corrected chi connectivity index (χ0v) is 19.6. The minimum absolute atomic E-state index is 0.0486. The highest BCUT2D eigenvalue weighted by Crippen LogP contribution is 2.39. The number of nitrogens with zero attached hydrogens (tertiary/aromatic N) is 3. The number of aromatic nitrogens is 2. The first-order valence-corrected chi connectivity index (χ1v) is 11.1. The Bertz CT molecular complexity index is 1170. The molecule has 0 saturated carbocycles. The van der Waals surface area contributed by atoms with Crippen LogP contribution in [0.2, 0.25) is 0 Å². The topological polar surface area (TPSA) is 103 Å². The van der Waals surface area contributed by atoms with Gasteiger partial charge in [-0.2, -0.15) is 0 Å². The van der Waals surface area contributed by atoms with Gasteiger partial charge < -0.3 is 19.1 Å². The SMILES string of the molecule is COc1cc(C(=O)Nc2nnc([C@H]3CC(=O)N(c4ccccc4C)C3)s2)cc(OC)c1OC. The van der Waals surface area contributed by atoms with Gasteiger partial charge in [0.2, 0.25) is 16.8 Å².